The number of halogens is 1. The van der Waals surface area contributed by atoms with Crippen LogP contribution < -0.4 is 5.32 Å². The number of anilines is 1. The summed E-state index contributed by atoms with van der Waals surface area (Å²) in [4.78, 5) is 25.4. The molecule has 1 N–H and O–H groups in total. The van der Waals surface area contributed by atoms with E-state index >= 15 is 0 Å². The van der Waals surface area contributed by atoms with E-state index in [1.807, 2.05) is 0 Å². The number of hydrogen-bond acceptors (Lipinski definition) is 4. The van der Waals surface area contributed by atoms with Crippen LogP contribution in [0.5, 0.6) is 0 Å². The molecule has 2 rings (SSSR count). The minimum absolute atomic E-state index is 0.0502. The molecule has 0 fully saturated rings. The molecule has 0 bridgehead atoms. The molecule has 0 heterocycles. The van der Waals surface area contributed by atoms with Crippen LogP contribution in [0.15, 0.2) is 53.4 Å². The van der Waals surface area contributed by atoms with E-state index in [1.165, 1.54) is 11.8 Å². The summed E-state index contributed by atoms with van der Waals surface area (Å²) < 4.78 is 38.0. The molecule has 2 amide bonds. The normalized spacial score (nSPS) is 12.3. The van der Waals surface area contributed by atoms with E-state index in [1.54, 1.807) is 38.4 Å². The number of carbonyl (C=O) groups is 2. The van der Waals surface area contributed by atoms with Gasteiger partial charge in [-0.3, -0.25) is 9.59 Å². The maximum atomic E-state index is 13.0. The van der Waals surface area contributed by atoms with Crippen molar-refractivity contribution in [2.24, 2.45) is 0 Å². The van der Waals surface area contributed by atoms with Crippen molar-refractivity contribution in [3.8, 4) is 0 Å². The lowest BCUT2D eigenvalue weighted by Crippen LogP contribution is -2.32. The van der Waals surface area contributed by atoms with Gasteiger partial charge in [-0.15, -0.1) is 0 Å². The summed E-state index contributed by atoms with van der Waals surface area (Å²) in [5.41, 5.74) is 1.20. The van der Waals surface area contributed by atoms with Crippen molar-refractivity contribution in [1.82, 2.24) is 4.90 Å². The first-order valence-electron chi connectivity index (χ1n) is 8.20. The number of carbonyl (C=O) groups excluding carboxylic acids is 2. The molecular weight excluding hydrogens is 371 g/mol. The van der Waals surface area contributed by atoms with Crippen molar-refractivity contribution in [2.75, 3.05) is 19.4 Å². The quantitative estimate of drug-likeness (QED) is 0.765. The number of sulfone groups is 1. The van der Waals surface area contributed by atoms with E-state index in [0.717, 1.165) is 29.8 Å². The third-order valence-corrected chi connectivity index (χ3v) is 6.13. The molecular formula is C19H21FN2O4S. The lowest BCUT2D eigenvalue weighted by Gasteiger charge is -2.14. The van der Waals surface area contributed by atoms with Gasteiger partial charge in [0.25, 0.3) is 0 Å². The minimum Gasteiger partial charge on any atom is -0.349 e. The van der Waals surface area contributed by atoms with Crippen LogP contribution >= 0.6 is 0 Å². The minimum atomic E-state index is -3.94. The topological polar surface area (TPSA) is 83.6 Å². The molecule has 0 aliphatic rings. The second-order valence-corrected chi connectivity index (χ2v) is 8.56. The molecule has 0 saturated heterocycles. The van der Waals surface area contributed by atoms with Gasteiger partial charge in [-0.25, -0.2) is 12.8 Å². The zero-order chi connectivity index (χ0) is 20.2. The zero-order valence-electron chi connectivity index (χ0n) is 15.3. The number of nitrogens with one attached hydrogen (secondary N) is 1. The van der Waals surface area contributed by atoms with Crippen LogP contribution in [0.3, 0.4) is 0 Å². The molecule has 0 aromatic heterocycles. The molecule has 1 unspecified atom stereocenters. The van der Waals surface area contributed by atoms with Crippen molar-refractivity contribution in [1.29, 1.82) is 0 Å². The van der Waals surface area contributed by atoms with Gasteiger partial charge < -0.3 is 10.2 Å². The smallest absolute Gasteiger partial charge is 0.242 e. The predicted octanol–water partition coefficient (Wildman–Crippen LogP) is 2.26. The maximum Gasteiger partial charge on any atom is 0.242 e. The second-order valence-electron chi connectivity index (χ2n) is 6.29. The molecule has 2 aromatic carbocycles. The van der Waals surface area contributed by atoms with Crippen LogP contribution in [0.2, 0.25) is 0 Å². The first-order valence-corrected chi connectivity index (χ1v) is 9.75. The number of rotatable bonds is 6. The van der Waals surface area contributed by atoms with Crippen LogP contribution in [0, 0.1) is 5.82 Å². The lowest BCUT2D eigenvalue weighted by atomic mass is 10.1. The molecule has 144 valence electrons. The average molecular weight is 392 g/mol. The van der Waals surface area contributed by atoms with Crippen LogP contribution in [0.4, 0.5) is 10.1 Å². The Labute approximate surface area is 157 Å². The highest BCUT2D eigenvalue weighted by atomic mass is 32.2. The Morgan fingerprint density at radius 2 is 1.59 bits per heavy atom. The summed E-state index contributed by atoms with van der Waals surface area (Å²) in [6.45, 7) is 1.28. The van der Waals surface area contributed by atoms with E-state index in [9.17, 15) is 22.4 Å². The fourth-order valence-electron chi connectivity index (χ4n) is 2.25. The van der Waals surface area contributed by atoms with Gasteiger partial charge in [0.2, 0.25) is 11.8 Å². The van der Waals surface area contributed by atoms with E-state index < -0.39 is 26.8 Å². The SMILES string of the molecule is CC(C(=O)Nc1ccc(CC(=O)N(C)C)cc1)S(=O)(=O)c1ccc(F)cc1. The Morgan fingerprint density at radius 1 is 1.04 bits per heavy atom. The second kappa shape index (κ2) is 8.30. The van der Waals surface area contributed by atoms with E-state index in [4.69, 9.17) is 0 Å². The van der Waals surface area contributed by atoms with Crippen LogP contribution in [0.1, 0.15) is 12.5 Å². The van der Waals surface area contributed by atoms with Crippen molar-refractivity contribution >= 4 is 27.3 Å². The summed E-state index contributed by atoms with van der Waals surface area (Å²) in [5, 5.41) is 1.20. The summed E-state index contributed by atoms with van der Waals surface area (Å²) >= 11 is 0. The fourth-order valence-corrected chi connectivity index (χ4v) is 3.52. The third kappa shape index (κ3) is 5.13. The molecule has 0 saturated carbocycles. The highest BCUT2D eigenvalue weighted by Gasteiger charge is 2.29. The largest absolute Gasteiger partial charge is 0.349 e. The first-order chi connectivity index (χ1) is 12.6. The van der Waals surface area contributed by atoms with Gasteiger partial charge in [-0.2, -0.15) is 0 Å². The Balaban J connectivity index is 2.07. The van der Waals surface area contributed by atoms with E-state index in [2.05, 4.69) is 5.32 Å². The van der Waals surface area contributed by atoms with Crippen LogP contribution in [-0.2, 0) is 25.8 Å². The van der Waals surface area contributed by atoms with Gasteiger partial charge in [0.15, 0.2) is 9.84 Å². The summed E-state index contributed by atoms with van der Waals surface area (Å²) in [5.74, 6) is -1.30. The monoisotopic (exact) mass is 392 g/mol. The maximum absolute atomic E-state index is 13.0. The molecule has 6 nitrogen and oxygen atoms in total. The molecule has 27 heavy (non-hydrogen) atoms. The predicted molar refractivity (Wildman–Crippen MR) is 101 cm³/mol. The number of benzene rings is 2. The molecule has 0 radical (unpaired) electrons. The van der Waals surface area contributed by atoms with Gasteiger partial charge in [-0.1, -0.05) is 12.1 Å². The van der Waals surface area contributed by atoms with Gasteiger partial charge >= 0.3 is 0 Å². The highest BCUT2D eigenvalue weighted by Crippen LogP contribution is 2.18. The lowest BCUT2D eigenvalue weighted by molar-refractivity contribution is -0.128. The summed E-state index contributed by atoms with van der Waals surface area (Å²) in [6.07, 6.45) is 0.233. The van der Waals surface area contributed by atoms with Crippen molar-refractivity contribution in [3.63, 3.8) is 0 Å². The van der Waals surface area contributed by atoms with Crippen molar-refractivity contribution in [2.45, 2.75) is 23.5 Å². The van der Waals surface area contributed by atoms with Gasteiger partial charge in [0, 0.05) is 19.8 Å². The van der Waals surface area contributed by atoms with Gasteiger partial charge in [-0.05, 0) is 48.9 Å². The molecule has 0 aliphatic carbocycles. The molecule has 0 aliphatic heterocycles. The Bertz CT molecular complexity index is 923. The van der Waals surface area contributed by atoms with Gasteiger partial charge in [0.1, 0.15) is 11.1 Å². The Morgan fingerprint density at radius 3 is 2.11 bits per heavy atom. The van der Waals surface area contributed by atoms with Gasteiger partial charge in [0.05, 0.1) is 11.3 Å². The van der Waals surface area contributed by atoms with Crippen molar-refractivity contribution < 1.29 is 22.4 Å². The first kappa shape index (κ1) is 20.6. The average Bonchev–Trinajstić information content (AvgIpc) is 2.62. The standard InChI is InChI=1S/C19H21FN2O4S/c1-13(27(25,26)17-10-6-15(20)7-11-17)19(24)21-16-8-4-14(5-9-16)12-18(23)22(2)3/h4-11,13H,12H2,1-3H3,(H,21,24). The Hall–Kier alpha value is -2.74. The number of amides is 2. The van der Waals surface area contributed by atoms with Crippen LogP contribution in [-0.4, -0.2) is 44.5 Å². The molecule has 2 aromatic rings. The number of likely N-dealkylation sites (N-methyl/N-ethyl adjacent to an activating group) is 1. The summed E-state index contributed by atoms with van der Waals surface area (Å²) in [6, 6.07) is 10.9. The number of hydrogen-bond donors (Lipinski definition) is 1. The van der Waals surface area contributed by atoms with Crippen LogP contribution in [0.25, 0.3) is 0 Å². The molecule has 0 spiro atoms. The van der Waals surface area contributed by atoms with E-state index in [-0.39, 0.29) is 17.2 Å². The third-order valence-electron chi connectivity index (χ3n) is 4.05. The molecule has 8 heteroatoms. The highest BCUT2D eigenvalue weighted by molar-refractivity contribution is 7.92. The summed E-state index contributed by atoms with van der Waals surface area (Å²) in [7, 11) is -0.604. The zero-order valence-corrected chi connectivity index (χ0v) is 16.1. The molecule has 1 atom stereocenters. The van der Waals surface area contributed by atoms with Crippen molar-refractivity contribution in [3.05, 3.63) is 59.9 Å². The number of nitrogens with zero attached hydrogens (tertiary/aromatic N) is 1. The fraction of sp³-hybridized carbons (Fsp3) is 0.263. The Kier molecular flexibility index (Phi) is 6.32. The van der Waals surface area contributed by atoms with E-state index in [0.29, 0.717) is 5.69 Å².